The average Bonchev–Trinajstić information content (AvgIpc) is 3.37. The molecule has 5 nitrogen and oxygen atoms in total. The lowest BCUT2D eigenvalue weighted by Gasteiger charge is -2.28. The van der Waals surface area contributed by atoms with Crippen molar-refractivity contribution in [3.63, 3.8) is 0 Å². The fourth-order valence-corrected chi connectivity index (χ4v) is 5.76. The van der Waals surface area contributed by atoms with Crippen molar-refractivity contribution in [2.75, 3.05) is 4.90 Å². The van der Waals surface area contributed by atoms with Crippen molar-refractivity contribution in [3.05, 3.63) is 106 Å². The maximum Gasteiger partial charge on any atom is 0.174 e. The minimum atomic E-state index is -0.149. The number of hydrogen-bond acceptors (Lipinski definition) is 3. The summed E-state index contributed by atoms with van der Waals surface area (Å²) < 4.78 is 8.02. The van der Waals surface area contributed by atoms with E-state index in [1.54, 1.807) is 6.07 Å². The molecular weight excluding hydrogens is 523 g/mol. The standard InChI is InChI=1S/C29H28Cl2N4OS/c1-17(2)36-21-13-11-20(12-14-21)35-28(27(33-29(35)37)24-9-5-6-15-32-24)22-16-18(3)34(19(22)4)25-10-7-8-23(30)26(25)31/h5-17,27-28H,1-4H3,(H,33,37)/t27-,28+/m1/s1. The molecule has 190 valence electrons. The molecule has 0 aliphatic carbocycles. The summed E-state index contributed by atoms with van der Waals surface area (Å²) in [7, 11) is 0. The third-order valence-electron chi connectivity index (χ3n) is 6.55. The van der Waals surface area contributed by atoms with Crippen molar-refractivity contribution in [2.24, 2.45) is 0 Å². The van der Waals surface area contributed by atoms with Crippen LogP contribution >= 0.6 is 35.4 Å². The number of halogens is 2. The maximum absolute atomic E-state index is 6.65. The lowest BCUT2D eigenvalue weighted by Crippen LogP contribution is -2.29. The minimum Gasteiger partial charge on any atom is -0.491 e. The van der Waals surface area contributed by atoms with E-state index in [1.165, 1.54) is 0 Å². The van der Waals surface area contributed by atoms with Crippen molar-refractivity contribution in [2.45, 2.75) is 45.9 Å². The summed E-state index contributed by atoms with van der Waals surface area (Å²) in [5.74, 6) is 0.823. The Morgan fingerprint density at radius 3 is 2.43 bits per heavy atom. The summed E-state index contributed by atoms with van der Waals surface area (Å²) in [6, 6.07) is 21.6. The molecule has 2 atom stereocenters. The van der Waals surface area contributed by atoms with E-state index in [2.05, 4.69) is 39.7 Å². The maximum atomic E-state index is 6.65. The first-order valence-corrected chi connectivity index (χ1v) is 13.3. The first kappa shape index (κ1) is 25.6. The second kappa shape index (κ2) is 10.4. The van der Waals surface area contributed by atoms with E-state index in [4.69, 9.17) is 40.2 Å². The molecule has 37 heavy (non-hydrogen) atoms. The Hall–Kier alpha value is -3.06. The van der Waals surface area contributed by atoms with Gasteiger partial charge in [0, 0.05) is 23.3 Å². The molecule has 1 aliphatic heterocycles. The molecular formula is C29H28Cl2N4OS. The molecule has 0 unspecified atom stereocenters. The Labute approximate surface area is 233 Å². The van der Waals surface area contributed by atoms with Crippen LogP contribution in [0, 0.1) is 13.8 Å². The van der Waals surface area contributed by atoms with Crippen LogP contribution in [0.5, 0.6) is 5.75 Å². The average molecular weight is 552 g/mol. The molecule has 0 radical (unpaired) electrons. The Morgan fingerprint density at radius 2 is 1.76 bits per heavy atom. The van der Waals surface area contributed by atoms with Gasteiger partial charge < -0.3 is 19.5 Å². The highest BCUT2D eigenvalue weighted by molar-refractivity contribution is 7.80. The van der Waals surface area contributed by atoms with Crippen LogP contribution < -0.4 is 15.0 Å². The molecule has 5 rings (SSSR count). The smallest absolute Gasteiger partial charge is 0.174 e. The van der Waals surface area contributed by atoms with Crippen LogP contribution in [-0.4, -0.2) is 20.8 Å². The van der Waals surface area contributed by atoms with Crippen molar-refractivity contribution in [1.82, 2.24) is 14.9 Å². The molecule has 1 saturated heterocycles. The van der Waals surface area contributed by atoms with Crippen molar-refractivity contribution < 1.29 is 4.74 Å². The molecule has 2 aromatic carbocycles. The zero-order chi connectivity index (χ0) is 26.3. The number of anilines is 1. The zero-order valence-electron chi connectivity index (χ0n) is 21.1. The summed E-state index contributed by atoms with van der Waals surface area (Å²) >= 11 is 18.9. The predicted octanol–water partition coefficient (Wildman–Crippen LogP) is 7.76. The summed E-state index contributed by atoms with van der Waals surface area (Å²) in [5.41, 5.74) is 5.98. The lowest BCUT2D eigenvalue weighted by atomic mass is 9.96. The highest BCUT2D eigenvalue weighted by atomic mass is 35.5. The summed E-state index contributed by atoms with van der Waals surface area (Å²) in [4.78, 5) is 6.84. The van der Waals surface area contributed by atoms with Gasteiger partial charge in [-0.05, 0) is 100 Å². The van der Waals surface area contributed by atoms with E-state index in [1.807, 2.05) is 74.6 Å². The SMILES string of the molecule is Cc1cc([C@H]2[C@@H](c3ccccn3)NC(=S)N2c2ccc(OC(C)C)cc2)c(C)n1-c1cccc(Cl)c1Cl. The number of ether oxygens (including phenoxy) is 1. The monoisotopic (exact) mass is 550 g/mol. The molecule has 4 aromatic rings. The number of benzene rings is 2. The summed E-state index contributed by atoms with van der Waals surface area (Å²) in [5, 5.41) is 5.23. The van der Waals surface area contributed by atoms with Gasteiger partial charge in [0.15, 0.2) is 5.11 Å². The lowest BCUT2D eigenvalue weighted by molar-refractivity contribution is 0.242. The fraction of sp³-hybridized carbons (Fsp3) is 0.241. The highest BCUT2D eigenvalue weighted by Gasteiger charge is 2.42. The van der Waals surface area contributed by atoms with Crippen molar-refractivity contribution in [1.29, 1.82) is 0 Å². The third kappa shape index (κ3) is 4.81. The number of aromatic nitrogens is 2. The third-order valence-corrected chi connectivity index (χ3v) is 7.67. The number of pyridine rings is 1. The van der Waals surface area contributed by atoms with Crippen LogP contribution in [0.2, 0.25) is 10.0 Å². The van der Waals surface area contributed by atoms with Gasteiger partial charge in [0.1, 0.15) is 5.75 Å². The Balaban J connectivity index is 1.64. The fourth-order valence-electron chi connectivity index (χ4n) is 5.03. The van der Waals surface area contributed by atoms with Crippen molar-refractivity contribution >= 4 is 46.2 Å². The van der Waals surface area contributed by atoms with Gasteiger partial charge in [-0.2, -0.15) is 0 Å². The molecule has 2 aromatic heterocycles. The molecule has 3 heterocycles. The predicted molar refractivity (Wildman–Crippen MR) is 155 cm³/mol. The second-order valence-electron chi connectivity index (χ2n) is 9.39. The van der Waals surface area contributed by atoms with Gasteiger partial charge in [-0.15, -0.1) is 0 Å². The van der Waals surface area contributed by atoms with Gasteiger partial charge in [0.2, 0.25) is 0 Å². The quantitative estimate of drug-likeness (QED) is 0.248. The Morgan fingerprint density at radius 1 is 1.00 bits per heavy atom. The minimum absolute atomic E-state index is 0.102. The van der Waals surface area contributed by atoms with E-state index in [0.717, 1.165) is 39.8 Å². The van der Waals surface area contributed by atoms with Crippen LogP contribution in [0.3, 0.4) is 0 Å². The van der Waals surface area contributed by atoms with Crippen LogP contribution in [0.15, 0.2) is 72.9 Å². The van der Waals surface area contributed by atoms with Crippen molar-refractivity contribution in [3.8, 4) is 11.4 Å². The topological polar surface area (TPSA) is 42.3 Å². The normalized spacial score (nSPS) is 17.4. The molecule has 0 saturated carbocycles. The van der Waals surface area contributed by atoms with Gasteiger partial charge in [-0.25, -0.2) is 0 Å². The van der Waals surface area contributed by atoms with Gasteiger partial charge in [-0.1, -0.05) is 35.3 Å². The van der Waals surface area contributed by atoms with E-state index >= 15 is 0 Å². The van der Waals surface area contributed by atoms with Gasteiger partial charge in [0.25, 0.3) is 0 Å². The number of rotatable bonds is 6. The van der Waals surface area contributed by atoms with Crippen LogP contribution in [0.25, 0.3) is 5.69 Å². The van der Waals surface area contributed by atoms with Gasteiger partial charge in [0.05, 0.1) is 39.6 Å². The zero-order valence-corrected chi connectivity index (χ0v) is 23.4. The molecule has 8 heteroatoms. The van der Waals surface area contributed by atoms with Gasteiger partial charge in [-0.3, -0.25) is 4.98 Å². The van der Waals surface area contributed by atoms with Crippen LogP contribution in [-0.2, 0) is 0 Å². The van der Waals surface area contributed by atoms with Crippen LogP contribution in [0.4, 0.5) is 5.69 Å². The van der Waals surface area contributed by atoms with Crippen LogP contribution in [0.1, 0.15) is 48.6 Å². The molecule has 0 bridgehead atoms. The van der Waals surface area contributed by atoms with Gasteiger partial charge >= 0.3 is 0 Å². The number of hydrogen-bond donors (Lipinski definition) is 1. The molecule has 0 amide bonds. The number of aryl methyl sites for hydroxylation is 1. The molecule has 1 N–H and O–H groups in total. The number of nitrogens with one attached hydrogen (secondary N) is 1. The first-order chi connectivity index (χ1) is 17.8. The van der Waals surface area contributed by atoms with E-state index in [-0.39, 0.29) is 18.2 Å². The summed E-state index contributed by atoms with van der Waals surface area (Å²) in [6.45, 7) is 8.21. The van der Waals surface area contributed by atoms with E-state index < -0.39 is 0 Å². The first-order valence-electron chi connectivity index (χ1n) is 12.2. The van der Waals surface area contributed by atoms with E-state index in [9.17, 15) is 0 Å². The highest BCUT2D eigenvalue weighted by Crippen LogP contribution is 2.44. The molecule has 1 aliphatic rings. The molecule has 0 spiro atoms. The largest absolute Gasteiger partial charge is 0.491 e. The number of thiocarbonyl (C=S) groups is 1. The van der Waals surface area contributed by atoms with E-state index in [0.29, 0.717) is 15.2 Å². The summed E-state index contributed by atoms with van der Waals surface area (Å²) in [6.07, 6.45) is 1.91. The Bertz CT molecular complexity index is 1440. The number of nitrogens with zero attached hydrogens (tertiary/aromatic N) is 3. The second-order valence-corrected chi connectivity index (χ2v) is 10.6. The Kier molecular flexibility index (Phi) is 7.17. The molecule has 1 fully saturated rings.